The first-order valence-electron chi connectivity index (χ1n) is 6.81. The number of aliphatic hydroxyl groups is 1. The summed E-state index contributed by atoms with van der Waals surface area (Å²) in [4.78, 5) is 25.6. The van der Waals surface area contributed by atoms with E-state index in [4.69, 9.17) is 23.2 Å². The number of nitrogens with one attached hydrogen (secondary N) is 1. The van der Waals surface area contributed by atoms with Crippen molar-refractivity contribution in [1.82, 2.24) is 5.32 Å². The third kappa shape index (κ3) is 3.03. The van der Waals surface area contributed by atoms with Gasteiger partial charge in [0.2, 0.25) is 0 Å². The maximum Gasteiger partial charge on any atom is 0.329 e. The van der Waals surface area contributed by atoms with E-state index in [0.717, 1.165) is 4.90 Å². The van der Waals surface area contributed by atoms with E-state index in [1.165, 1.54) is 18.2 Å². The number of aliphatic hydroxyl groups excluding tert-OH is 1. The van der Waals surface area contributed by atoms with E-state index in [1.54, 1.807) is 30.3 Å². The molecule has 118 valence electrons. The van der Waals surface area contributed by atoms with Gasteiger partial charge >= 0.3 is 6.03 Å². The molecule has 0 aliphatic carbocycles. The molecule has 3 amide bonds. The smallest absolute Gasteiger partial charge is 0.329 e. The molecule has 7 heteroatoms. The zero-order valence-corrected chi connectivity index (χ0v) is 13.3. The number of urea groups is 1. The molecule has 1 aliphatic heterocycles. The first-order chi connectivity index (χ1) is 11.0. The highest BCUT2D eigenvalue weighted by Crippen LogP contribution is 2.30. The third-order valence-corrected chi connectivity index (χ3v) is 3.97. The average molecular weight is 351 g/mol. The molecule has 0 bridgehead atoms. The first kappa shape index (κ1) is 15.8. The quantitative estimate of drug-likeness (QED) is 0.835. The molecule has 0 aromatic heterocycles. The Hall–Kier alpha value is -2.08. The number of benzene rings is 2. The second-order valence-corrected chi connectivity index (χ2v) is 5.96. The SMILES string of the molecule is O=C1NC(C(O)c2ccccc2)C(=O)N1c1cc(Cl)cc(Cl)c1. The van der Waals surface area contributed by atoms with Crippen LogP contribution in [0.15, 0.2) is 48.5 Å². The molecule has 1 fully saturated rings. The van der Waals surface area contributed by atoms with Crippen LogP contribution in [0, 0.1) is 0 Å². The van der Waals surface area contributed by atoms with Crippen molar-refractivity contribution in [3.8, 4) is 0 Å². The molecule has 0 radical (unpaired) electrons. The van der Waals surface area contributed by atoms with Gasteiger partial charge in [-0.05, 0) is 23.8 Å². The molecule has 2 aromatic rings. The van der Waals surface area contributed by atoms with Gasteiger partial charge in [0.15, 0.2) is 0 Å². The van der Waals surface area contributed by atoms with Crippen LogP contribution in [0.3, 0.4) is 0 Å². The summed E-state index contributed by atoms with van der Waals surface area (Å²) < 4.78 is 0. The van der Waals surface area contributed by atoms with Gasteiger partial charge in [0.1, 0.15) is 12.1 Å². The lowest BCUT2D eigenvalue weighted by atomic mass is 10.0. The number of anilines is 1. The van der Waals surface area contributed by atoms with Crippen LogP contribution in [0.1, 0.15) is 11.7 Å². The predicted octanol–water partition coefficient (Wildman–Crippen LogP) is 3.15. The molecule has 1 heterocycles. The number of carbonyl (C=O) groups is 2. The number of hydrogen-bond acceptors (Lipinski definition) is 3. The third-order valence-electron chi connectivity index (χ3n) is 3.53. The van der Waals surface area contributed by atoms with E-state index in [0.29, 0.717) is 15.6 Å². The molecule has 2 N–H and O–H groups in total. The van der Waals surface area contributed by atoms with E-state index < -0.39 is 24.1 Å². The molecule has 2 unspecified atom stereocenters. The molecule has 2 aromatic carbocycles. The van der Waals surface area contributed by atoms with Gasteiger partial charge in [-0.15, -0.1) is 0 Å². The lowest BCUT2D eigenvalue weighted by Gasteiger charge is -2.17. The van der Waals surface area contributed by atoms with Gasteiger partial charge in [-0.1, -0.05) is 53.5 Å². The van der Waals surface area contributed by atoms with Crippen molar-refractivity contribution in [2.24, 2.45) is 0 Å². The number of carbonyl (C=O) groups excluding carboxylic acids is 2. The lowest BCUT2D eigenvalue weighted by molar-refractivity contribution is -0.120. The van der Waals surface area contributed by atoms with Crippen LogP contribution >= 0.6 is 23.2 Å². The van der Waals surface area contributed by atoms with Crippen LogP contribution in [0.5, 0.6) is 0 Å². The summed E-state index contributed by atoms with van der Waals surface area (Å²) in [6.07, 6.45) is -1.15. The highest BCUT2D eigenvalue weighted by atomic mass is 35.5. The number of imide groups is 1. The molecular formula is C16H12Cl2N2O3. The standard InChI is InChI=1S/C16H12Cl2N2O3/c17-10-6-11(18)8-12(7-10)20-15(22)13(19-16(20)23)14(21)9-4-2-1-3-5-9/h1-8,13-14,21H,(H,19,23). The molecule has 1 saturated heterocycles. The summed E-state index contributed by atoms with van der Waals surface area (Å²) in [5.74, 6) is -0.565. The predicted molar refractivity (Wildman–Crippen MR) is 87.7 cm³/mol. The fraction of sp³-hybridized carbons (Fsp3) is 0.125. The van der Waals surface area contributed by atoms with Crippen LogP contribution in [-0.4, -0.2) is 23.1 Å². The van der Waals surface area contributed by atoms with Gasteiger partial charge in [-0.3, -0.25) is 4.79 Å². The number of nitrogens with zero attached hydrogens (tertiary/aromatic N) is 1. The van der Waals surface area contributed by atoms with Gasteiger partial charge in [0, 0.05) is 10.0 Å². The summed E-state index contributed by atoms with van der Waals surface area (Å²) in [6, 6.07) is 11.4. The molecule has 1 aliphatic rings. The summed E-state index contributed by atoms with van der Waals surface area (Å²) in [7, 11) is 0. The van der Waals surface area contributed by atoms with E-state index in [-0.39, 0.29) is 5.69 Å². The highest BCUT2D eigenvalue weighted by molar-refractivity contribution is 6.35. The second kappa shape index (κ2) is 6.20. The summed E-state index contributed by atoms with van der Waals surface area (Å²) in [5.41, 5.74) is 0.796. The summed E-state index contributed by atoms with van der Waals surface area (Å²) in [6.45, 7) is 0. The Balaban J connectivity index is 1.91. The van der Waals surface area contributed by atoms with Crippen LogP contribution in [0.25, 0.3) is 0 Å². The maximum atomic E-state index is 12.6. The van der Waals surface area contributed by atoms with Crippen molar-refractivity contribution in [2.45, 2.75) is 12.1 Å². The van der Waals surface area contributed by atoms with Crippen LogP contribution in [0.2, 0.25) is 10.0 Å². The second-order valence-electron chi connectivity index (χ2n) is 5.08. The Morgan fingerprint density at radius 3 is 2.26 bits per heavy atom. The van der Waals surface area contributed by atoms with Crippen molar-refractivity contribution in [1.29, 1.82) is 0 Å². The van der Waals surface area contributed by atoms with Crippen molar-refractivity contribution >= 4 is 40.8 Å². The average Bonchev–Trinajstić information content (AvgIpc) is 2.81. The molecule has 23 heavy (non-hydrogen) atoms. The zero-order valence-electron chi connectivity index (χ0n) is 11.7. The van der Waals surface area contributed by atoms with E-state index >= 15 is 0 Å². The van der Waals surface area contributed by atoms with Crippen molar-refractivity contribution < 1.29 is 14.7 Å². The van der Waals surface area contributed by atoms with Gasteiger partial charge in [0.05, 0.1) is 5.69 Å². The largest absolute Gasteiger partial charge is 0.386 e. The molecule has 5 nitrogen and oxygen atoms in total. The van der Waals surface area contributed by atoms with E-state index in [1.807, 2.05) is 0 Å². The van der Waals surface area contributed by atoms with E-state index in [9.17, 15) is 14.7 Å². The Morgan fingerprint density at radius 1 is 1.04 bits per heavy atom. The minimum atomic E-state index is -1.15. The van der Waals surface area contributed by atoms with Gasteiger partial charge in [-0.25, -0.2) is 9.69 Å². The van der Waals surface area contributed by atoms with Gasteiger partial charge in [-0.2, -0.15) is 0 Å². The molecule has 0 spiro atoms. The molecule has 3 rings (SSSR count). The monoisotopic (exact) mass is 350 g/mol. The fourth-order valence-corrected chi connectivity index (χ4v) is 2.98. The Bertz CT molecular complexity index is 747. The number of amides is 3. The lowest BCUT2D eigenvalue weighted by Crippen LogP contribution is -2.36. The Labute approximate surface area is 142 Å². The first-order valence-corrected chi connectivity index (χ1v) is 7.56. The van der Waals surface area contributed by atoms with Crippen molar-refractivity contribution in [3.05, 3.63) is 64.1 Å². The highest BCUT2D eigenvalue weighted by Gasteiger charge is 2.43. The zero-order chi connectivity index (χ0) is 16.6. The summed E-state index contributed by atoms with van der Waals surface area (Å²) >= 11 is 11.8. The Kier molecular flexibility index (Phi) is 4.26. The van der Waals surface area contributed by atoms with Crippen LogP contribution in [-0.2, 0) is 4.79 Å². The molecule has 2 atom stereocenters. The van der Waals surface area contributed by atoms with Gasteiger partial charge in [0.25, 0.3) is 5.91 Å². The Morgan fingerprint density at radius 2 is 1.65 bits per heavy atom. The van der Waals surface area contributed by atoms with Crippen LogP contribution < -0.4 is 10.2 Å². The number of hydrogen-bond donors (Lipinski definition) is 2. The minimum Gasteiger partial charge on any atom is -0.386 e. The minimum absolute atomic E-state index is 0.257. The topological polar surface area (TPSA) is 69.6 Å². The number of rotatable bonds is 3. The molecular weight excluding hydrogens is 339 g/mol. The van der Waals surface area contributed by atoms with Gasteiger partial charge < -0.3 is 10.4 Å². The van der Waals surface area contributed by atoms with E-state index in [2.05, 4.69) is 5.32 Å². The normalized spacial score (nSPS) is 18.9. The van der Waals surface area contributed by atoms with Crippen LogP contribution in [0.4, 0.5) is 10.5 Å². The van der Waals surface area contributed by atoms with Crippen molar-refractivity contribution in [2.75, 3.05) is 4.90 Å². The number of halogens is 2. The fourth-order valence-electron chi connectivity index (χ4n) is 2.47. The summed E-state index contributed by atoms with van der Waals surface area (Å²) in [5, 5.41) is 13.5. The molecule has 0 saturated carbocycles. The maximum absolute atomic E-state index is 12.6. The van der Waals surface area contributed by atoms with Crippen molar-refractivity contribution in [3.63, 3.8) is 0 Å².